The standard InChI is InChI=1S/C26H20ClF3N6O/c1-15-7-8-17(32-25(37)33-18-9-10-21(27)20(12-18)26(28,29)30)11-19(15)23-34-22-13-31-36(24(22)35-23)14-16-5-3-2-4-6-16/h2-13H,14H2,1H3,(H,34,35)(H2,32,33,37). The van der Waals surface area contributed by atoms with Crippen molar-refractivity contribution in [2.75, 3.05) is 10.6 Å². The largest absolute Gasteiger partial charge is 0.417 e. The first kappa shape index (κ1) is 24.4. The van der Waals surface area contributed by atoms with Crippen LogP contribution in [0.25, 0.3) is 22.6 Å². The van der Waals surface area contributed by atoms with E-state index in [0.717, 1.165) is 34.3 Å². The molecule has 0 unspecified atom stereocenters. The lowest BCUT2D eigenvalue weighted by atomic mass is 10.1. The number of imidazole rings is 1. The quantitative estimate of drug-likeness (QED) is 0.229. The van der Waals surface area contributed by atoms with Crippen LogP contribution in [0.15, 0.2) is 72.9 Å². The van der Waals surface area contributed by atoms with Crippen LogP contribution in [-0.2, 0) is 12.7 Å². The van der Waals surface area contributed by atoms with E-state index in [1.807, 2.05) is 43.3 Å². The van der Waals surface area contributed by atoms with Gasteiger partial charge >= 0.3 is 12.2 Å². The van der Waals surface area contributed by atoms with Gasteiger partial charge in [-0.05, 0) is 48.4 Å². The summed E-state index contributed by atoms with van der Waals surface area (Å²) in [6.45, 7) is 2.48. The van der Waals surface area contributed by atoms with Gasteiger partial charge in [0.15, 0.2) is 5.65 Å². The van der Waals surface area contributed by atoms with Gasteiger partial charge in [-0.1, -0.05) is 48.0 Å². The van der Waals surface area contributed by atoms with Crippen LogP contribution in [0.1, 0.15) is 16.7 Å². The lowest BCUT2D eigenvalue weighted by molar-refractivity contribution is -0.137. The van der Waals surface area contributed by atoms with E-state index in [1.165, 1.54) is 6.07 Å². The number of carbonyl (C=O) groups excluding carboxylic acids is 1. The maximum absolute atomic E-state index is 13.1. The average molecular weight is 525 g/mol. The number of benzene rings is 3. The molecule has 3 aromatic carbocycles. The molecule has 7 nitrogen and oxygen atoms in total. The molecule has 5 aromatic rings. The zero-order valence-electron chi connectivity index (χ0n) is 19.4. The number of amides is 2. The molecule has 0 fully saturated rings. The molecule has 188 valence electrons. The maximum Gasteiger partial charge on any atom is 0.417 e. The number of rotatable bonds is 5. The van der Waals surface area contributed by atoms with Crippen LogP contribution < -0.4 is 10.6 Å². The predicted octanol–water partition coefficient (Wildman–Crippen LogP) is 7.10. The van der Waals surface area contributed by atoms with Gasteiger partial charge in [0.05, 0.1) is 23.3 Å². The summed E-state index contributed by atoms with van der Waals surface area (Å²) in [6, 6.07) is 17.6. The van der Waals surface area contributed by atoms with Gasteiger partial charge in [-0.25, -0.2) is 14.5 Å². The molecule has 0 spiro atoms. The number of aromatic nitrogens is 4. The third-order valence-corrected chi connectivity index (χ3v) is 6.07. The molecule has 3 N–H and O–H groups in total. The summed E-state index contributed by atoms with van der Waals surface area (Å²) in [5.41, 5.74) is 3.59. The minimum absolute atomic E-state index is 0.0400. The van der Waals surface area contributed by atoms with E-state index in [4.69, 9.17) is 16.6 Å². The summed E-state index contributed by atoms with van der Waals surface area (Å²) < 4.78 is 41.2. The van der Waals surface area contributed by atoms with Gasteiger partial charge in [-0.2, -0.15) is 18.3 Å². The maximum atomic E-state index is 13.1. The van der Waals surface area contributed by atoms with Gasteiger partial charge in [-0.3, -0.25) is 0 Å². The summed E-state index contributed by atoms with van der Waals surface area (Å²) in [7, 11) is 0. The van der Waals surface area contributed by atoms with Crippen molar-refractivity contribution in [1.82, 2.24) is 19.7 Å². The molecule has 0 aliphatic carbocycles. The first-order chi connectivity index (χ1) is 17.7. The number of carbonyl (C=O) groups is 1. The van der Waals surface area contributed by atoms with Crippen LogP contribution in [0.4, 0.5) is 29.3 Å². The highest BCUT2D eigenvalue weighted by molar-refractivity contribution is 6.31. The van der Waals surface area contributed by atoms with Gasteiger partial charge in [-0.15, -0.1) is 0 Å². The fourth-order valence-corrected chi connectivity index (χ4v) is 4.14. The van der Waals surface area contributed by atoms with E-state index in [-0.39, 0.29) is 5.69 Å². The SMILES string of the molecule is Cc1ccc(NC(=O)Nc2ccc(Cl)c(C(F)(F)F)c2)cc1-c1nc2c(cnn2Cc2ccccc2)[nH]1. The molecule has 37 heavy (non-hydrogen) atoms. The van der Waals surface area contributed by atoms with Crippen molar-refractivity contribution in [3.8, 4) is 11.4 Å². The number of urea groups is 1. The van der Waals surface area contributed by atoms with E-state index in [1.54, 1.807) is 23.0 Å². The van der Waals surface area contributed by atoms with Gasteiger partial charge in [0, 0.05) is 16.9 Å². The van der Waals surface area contributed by atoms with Gasteiger partial charge in [0.1, 0.15) is 11.3 Å². The average Bonchev–Trinajstić information content (AvgIpc) is 3.43. The second-order valence-electron chi connectivity index (χ2n) is 8.41. The summed E-state index contributed by atoms with van der Waals surface area (Å²) >= 11 is 5.65. The van der Waals surface area contributed by atoms with Crippen LogP contribution >= 0.6 is 11.6 Å². The van der Waals surface area contributed by atoms with Crippen molar-refractivity contribution < 1.29 is 18.0 Å². The molecule has 2 amide bonds. The molecule has 0 aliphatic rings. The van der Waals surface area contributed by atoms with E-state index in [0.29, 0.717) is 23.7 Å². The van der Waals surface area contributed by atoms with E-state index in [9.17, 15) is 18.0 Å². The molecule has 0 bridgehead atoms. The molecule has 0 radical (unpaired) electrons. The number of halogens is 4. The lowest BCUT2D eigenvalue weighted by Gasteiger charge is -2.13. The zero-order valence-corrected chi connectivity index (χ0v) is 20.2. The number of anilines is 2. The molecular weight excluding hydrogens is 505 g/mol. The number of nitrogens with zero attached hydrogens (tertiary/aromatic N) is 3. The van der Waals surface area contributed by atoms with Crippen molar-refractivity contribution in [2.24, 2.45) is 0 Å². The monoisotopic (exact) mass is 524 g/mol. The highest BCUT2D eigenvalue weighted by atomic mass is 35.5. The van der Waals surface area contributed by atoms with Crippen molar-refractivity contribution in [1.29, 1.82) is 0 Å². The Hall–Kier alpha value is -4.31. The van der Waals surface area contributed by atoms with Crippen LogP contribution in [0.2, 0.25) is 5.02 Å². The van der Waals surface area contributed by atoms with Crippen molar-refractivity contribution >= 4 is 40.2 Å². The molecule has 0 atom stereocenters. The molecule has 11 heteroatoms. The van der Waals surface area contributed by atoms with Gasteiger partial charge < -0.3 is 15.6 Å². The third-order valence-electron chi connectivity index (χ3n) is 5.74. The molecule has 5 rings (SSSR count). The number of alkyl halides is 3. The fourth-order valence-electron chi connectivity index (χ4n) is 3.91. The molecule has 0 saturated heterocycles. The van der Waals surface area contributed by atoms with Crippen molar-refractivity contribution in [3.05, 3.63) is 94.6 Å². The van der Waals surface area contributed by atoms with Crippen LogP contribution in [0.5, 0.6) is 0 Å². The number of aryl methyl sites for hydroxylation is 1. The van der Waals surface area contributed by atoms with Crippen molar-refractivity contribution in [2.45, 2.75) is 19.6 Å². The van der Waals surface area contributed by atoms with Crippen LogP contribution in [-0.4, -0.2) is 25.8 Å². The second kappa shape index (κ2) is 9.62. The number of nitrogens with one attached hydrogen (secondary N) is 3. The Morgan fingerprint density at radius 1 is 1.03 bits per heavy atom. The zero-order chi connectivity index (χ0) is 26.2. The third kappa shape index (κ3) is 5.29. The topological polar surface area (TPSA) is 87.6 Å². The Kier molecular flexibility index (Phi) is 6.34. The number of aromatic amines is 1. The Morgan fingerprint density at radius 3 is 2.46 bits per heavy atom. The summed E-state index contributed by atoms with van der Waals surface area (Å²) in [5.74, 6) is 0.600. The Morgan fingerprint density at radius 2 is 1.73 bits per heavy atom. The van der Waals surface area contributed by atoms with Crippen molar-refractivity contribution in [3.63, 3.8) is 0 Å². The predicted molar refractivity (Wildman–Crippen MR) is 137 cm³/mol. The van der Waals surface area contributed by atoms with E-state index >= 15 is 0 Å². The Labute approximate surface area is 214 Å². The number of hydrogen-bond acceptors (Lipinski definition) is 3. The molecule has 0 aliphatic heterocycles. The highest BCUT2D eigenvalue weighted by Crippen LogP contribution is 2.36. The summed E-state index contributed by atoms with van der Waals surface area (Å²) in [5, 5.41) is 9.02. The minimum Gasteiger partial charge on any atom is -0.335 e. The Bertz CT molecular complexity index is 1590. The summed E-state index contributed by atoms with van der Waals surface area (Å²) in [4.78, 5) is 20.5. The smallest absolute Gasteiger partial charge is 0.335 e. The fraction of sp³-hybridized carbons (Fsp3) is 0.115. The minimum atomic E-state index is -4.64. The normalized spacial score (nSPS) is 11.6. The molecule has 2 aromatic heterocycles. The Balaban J connectivity index is 1.35. The number of fused-ring (bicyclic) bond motifs is 1. The van der Waals surface area contributed by atoms with Gasteiger partial charge in [0.25, 0.3) is 0 Å². The first-order valence-electron chi connectivity index (χ1n) is 11.2. The van der Waals surface area contributed by atoms with E-state index < -0.39 is 22.8 Å². The lowest BCUT2D eigenvalue weighted by Crippen LogP contribution is -2.20. The number of H-pyrrole nitrogens is 1. The second-order valence-corrected chi connectivity index (χ2v) is 8.82. The molecule has 2 heterocycles. The molecule has 0 saturated carbocycles. The van der Waals surface area contributed by atoms with E-state index in [2.05, 4.69) is 20.7 Å². The molecular formula is C26H20ClF3N6O. The summed E-state index contributed by atoms with van der Waals surface area (Å²) in [6.07, 6.45) is -2.93. The number of hydrogen-bond donors (Lipinski definition) is 3. The van der Waals surface area contributed by atoms with Crippen LogP contribution in [0.3, 0.4) is 0 Å². The van der Waals surface area contributed by atoms with Crippen LogP contribution in [0, 0.1) is 6.92 Å². The first-order valence-corrected chi connectivity index (χ1v) is 11.6. The highest BCUT2D eigenvalue weighted by Gasteiger charge is 2.33. The van der Waals surface area contributed by atoms with Gasteiger partial charge in [0.2, 0.25) is 0 Å².